The van der Waals surface area contributed by atoms with Crippen LogP contribution in [0.3, 0.4) is 0 Å². The number of hydrogen-bond donors (Lipinski definition) is 2. The highest BCUT2D eigenvalue weighted by Crippen LogP contribution is 2.35. The van der Waals surface area contributed by atoms with Gasteiger partial charge < -0.3 is 10.6 Å². The lowest BCUT2D eigenvalue weighted by molar-refractivity contribution is 0.0200. The number of rotatable bonds is 4. The van der Waals surface area contributed by atoms with Gasteiger partial charge in [0.05, 0.1) is 5.69 Å². The number of fused-ring (bicyclic) bond motifs is 2. The van der Waals surface area contributed by atoms with Crippen LogP contribution in [0.15, 0.2) is 54.6 Å². The maximum Gasteiger partial charge on any atom is 0.319 e. The molecule has 2 fully saturated rings. The van der Waals surface area contributed by atoms with Gasteiger partial charge in [0.25, 0.3) is 0 Å². The maximum absolute atomic E-state index is 13.7. The van der Waals surface area contributed by atoms with Crippen LogP contribution >= 0.6 is 0 Å². The third kappa shape index (κ3) is 4.30. The van der Waals surface area contributed by atoms with E-state index in [2.05, 4.69) is 45.9 Å². The molecule has 0 unspecified atom stereocenters. The Hall–Kier alpha value is -2.40. The van der Waals surface area contributed by atoms with E-state index < -0.39 is 5.82 Å². The zero-order chi connectivity index (χ0) is 18.6. The average molecular weight is 367 g/mol. The smallest absolute Gasteiger partial charge is 0.319 e. The third-order valence-corrected chi connectivity index (χ3v) is 5.79. The highest BCUT2D eigenvalue weighted by molar-refractivity contribution is 5.89. The van der Waals surface area contributed by atoms with Crippen LogP contribution in [-0.4, -0.2) is 29.1 Å². The first-order chi connectivity index (χ1) is 13.2. The van der Waals surface area contributed by atoms with E-state index in [0.717, 1.165) is 19.4 Å². The minimum absolute atomic E-state index is 0.138. The lowest BCUT2D eigenvalue weighted by Crippen LogP contribution is -2.56. The molecule has 2 aromatic rings. The molecule has 0 aliphatic carbocycles. The Morgan fingerprint density at radius 1 is 1.00 bits per heavy atom. The van der Waals surface area contributed by atoms with Gasteiger partial charge in [0.1, 0.15) is 5.82 Å². The van der Waals surface area contributed by atoms with Crippen molar-refractivity contribution in [2.24, 2.45) is 0 Å². The van der Waals surface area contributed by atoms with Crippen molar-refractivity contribution in [3.05, 3.63) is 66.0 Å². The molecule has 0 radical (unpaired) electrons. The van der Waals surface area contributed by atoms with Crippen molar-refractivity contribution < 1.29 is 9.18 Å². The Morgan fingerprint density at radius 2 is 1.67 bits per heavy atom. The van der Waals surface area contributed by atoms with E-state index in [-0.39, 0.29) is 17.8 Å². The summed E-state index contributed by atoms with van der Waals surface area (Å²) in [5.74, 6) is -0.415. The Kier molecular flexibility index (Phi) is 5.39. The number of carbonyl (C=O) groups excluding carboxylic acids is 1. The number of hydrogen-bond acceptors (Lipinski definition) is 2. The molecule has 4 nitrogen and oxygen atoms in total. The fraction of sp³-hybridized carbons (Fsp3) is 0.409. The van der Waals surface area contributed by atoms with Crippen LogP contribution in [0.2, 0.25) is 0 Å². The Bertz CT molecular complexity index is 768. The maximum atomic E-state index is 13.7. The van der Waals surface area contributed by atoms with E-state index in [4.69, 9.17) is 0 Å². The number of amides is 2. The van der Waals surface area contributed by atoms with Crippen LogP contribution < -0.4 is 10.6 Å². The molecule has 5 heteroatoms. The summed E-state index contributed by atoms with van der Waals surface area (Å²) in [6, 6.07) is 17.7. The molecule has 2 aliphatic rings. The van der Waals surface area contributed by atoms with Gasteiger partial charge in [-0.2, -0.15) is 0 Å². The summed E-state index contributed by atoms with van der Waals surface area (Å²) in [5.41, 5.74) is 1.56. The van der Waals surface area contributed by atoms with E-state index in [1.54, 1.807) is 18.2 Å². The summed E-state index contributed by atoms with van der Waals surface area (Å²) >= 11 is 0. The van der Waals surface area contributed by atoms with Crippen LogP contribution in [0.1, 0.15) is 37.7 Å². The summed E-state index contributed by atoms with van der Waals surface area (Å²) in [7, 11) is 0. The molecule has 0 saturated carbocycles. The van der Waals surface area contributed by atoms with Crippen molar-refractivity contribution in [3.63, 3.8) is 0 Å². The molecule has 0 aromatic heterocycles. The first kappa shape index (κ1) is 18.0. The molecule has 2 amide bonds. The van der Waals surface area contributed by atoms with Crippen molar-refractivity contribution in [1.29, 1.82) is 0 Å². The van der Waals surface area contributed by atoms with Crippen molar-refractivity contribution >= 4 is 11.7 Å². The highest BCUT2D eigenvalue weighted by atomic mass is 19.1. The zero-order valence-electron chi connectivity index (χ0n) is 15.4. The number of halogens is 1. The van der Waals surface area contributed by atoms with Crippen LogP contribution in [-0.2, 0) is 6.54 Å². The summed E-state index contributed by atoms with van der Waals surface area (Å²) in [4.78, 5) is 14.9. The summed E-state index contributed by atoms with van der Waals surface area (Å²) in [5, 5.41) is 5.70. The van der Waals surface area contributed by atoms with E-state index in [9.17, 15) is 9.18 Å². The Labute approximate surface area is 159 Å². The molecule has 2 atom stereocenters. The monoisotopic (exact) mass is 367 g/mol. The van der Waals surface area contributed by atoms with E-state index in [1.165, 1.54) is 30.9 Å². The van der Waals surface area contributed by atoms with Gasteiger partial charge in [-0.3, -0.25) is 4.90 Å². The van der Waals surface area contributed by atoms with Crippen LogP contribution in [0, 0.1) is 5.82 Å². The molecular formula is C22H26FN3O. The van der Waals surface area contributed by atoms with Gasteiger partial charge in [-0.05, 0) is 43.4 Å². The predicted molar refractivity (Wildman–Crippen MR) is 105 cm³/mol. The fourth-order valence-electron chi connectivity index (χ4n) is 4.56. The molecule has 2 aliphatic heterocycles. The SMILES string of the molecule is O=C(Nc1ccccc1F)NC1C[C@@H]2CCC[C@@H](C1)N2Cc1ccccc1. The van der Waals surface area contributed by atoms with Gasteiger partial charge in [-0.15, -0.1) is 0 Å². The highest BCUT2D eigenvalue weighted by Gasteiger charge is 2.38. The standard InChI is InChI=1S/C22H26FN3O/c23-20-11-4-5-12-21(20)25-22(27)24-17-13-18-9-6-10-19(14-17)26(18)15-16-7-2-1-3-8-16/h1-5,7-8,11-12,17-19H,6,9-10,13-15H2,(H2,24,25,27)/t18-,19-/m0/s1. The average Bonchev–Trinajstić information content (AvgIpc) is 2.65. The molecule has 142 valence electrons. The number of para-hydroxylation sites is 1. The quantitative estimate of drug-likeness (QED) is 0.834. The number of nitrogens with one attached hydrogen (secondary N) is 2. The normalized spacial score (nSPS) is 25.0. The van der Waals surface area contributed by atoms with Crippen LogP contribution in [0.5, 0.6) is 0 Å². The fourth-order valence-corrected chi connectivity index (χ4v) is 4.56. The van der Waals surface area contributed by atoms with E-state index >= 15 is 0 Å². The number of piperidine rings is 2. The van der Waals surface area contributed by atoms with Gasteiger partial charge in [0.15, 0.2) is 0 Å². The number of anilines is 1. The van der Waals surface area contributed by atoms with E-state index in [1.807, 2.05) is 0 Å². The van der Waals surface area contributed by atoms with Crippen molar-refractivity contribution in [3.8, 4) is 0 Å². The van der Waals surface area contributed by atoms with Crippen LogP contribution in [0.25, 0.3) is 0 Å². The van der Waals surface area contributed by atoms with Crippen molar-refractivity contribution in [1.82, 2.24) is 10.2 Å². The molecule has 0 spiro atoms. The van der Waals surface area contributed by atoms with E-state index in [0.29, 0.717) is 12.1 Å². The van der Waals surface area contributed by atoms with Crippen LogP contribution in [0.4, 0.5) is 14.9 Å². The number of benzene rings is 2. The third-order valence-electron chi connectivity index (χ3n) is 5.79. The largest absolute Gasteiger partial charge is 0.335 e. The molecular weight excluding hydrogens is 341 g/mol. The number of nitrogens with zero attached hydrogens (tertiary/aromatic N) is 1. The second kappa shape index (κ2) is 8.09. The zero-order valence-corrected chi connectivity index (χ0v) is 15.4. The number of carbonyl (C=O) groups is 1. The predicted octanol–water partition coefficient (Wildman–Crippen LogP) is 4.53. The molecule has 2 N–H and O–H groups in total. The van der Waals surface area contributed by atoms with Crippen molar-refractivity contribution in [2.45, 2.75) is 56.8 Å². The summed E-state index contributed by atoms with van der Waals surface area (Å²) in [6.07, 6.45) is 5.52. The lowest BCUT2D eigenvalue weighted by atomic mass is 9.81. The molecule has 2 heterocycles. The van der Waals surface area contributed by atoms with Gasteiger partial charge >= 0.3 is 6.03 Å². The Morgan fingerprint density at radius 3 is 2.37 bits per heavy atom. The second-order valence-corrected chi connectivity index (χ2v) is 7.64. The summed E-state index contributed by atoms with van der Waals surface area (Å²) < 4.78 is 13.7. The lowest BCUT2D eigenvalue weighted by Gasteiger charge is -2.49. The summed E-state index contributed by atoms with van der Waals surface area (Å²) in [6.45, 7) is 0.977. The first-order valence-corrected chi connectivity index (χ1v) is 9.81. The molecule has 2 bridgehead atoms. The molecule has 2 aromatic carbocycles. The van der Waals surface area contributed by atoms with Gasteiger partial charge in [0, 0.05) is 24.7 Å². The molecule has 27 heavy (non-hydrogen) atoms. The van der Waals surface area contributed by atoms with Crippen molar-refractivity contribution in [2.75, 3.05) is 5.32 Å². The minimum atomic E-state index is -0.415. The second-order valence-electron chi connectivity index (χ2n) is 7.64. The topological polar surface area (TPSA) is 44.4 Å². The van der Waals surface area contributed by atoms with Gasteiger partial charge in [-0.1, -0.05) is 48.9 Å². The van der Waals surface area contributed by atoms with Gasteiger partial charge in [0.2, 0.25) is 0 Å². The molecule has 4 rings (SSSR count). The number of urea groups is 1. The minimum Gasteiger partial charge on any atom is -0.335 e. The van der Waals surface area contributed by atoms with Gasteiger partial charge in [-0.25, -0.2) is 9.18 Å². The molecule has 2 saturated heterocycles. The first-order valence-electron chi connectivity index (χ1n) is 9.81. The Balaban J connectivity index is 1.37.